The first-order chi connectivity index (χ1) is 13.2. The Morgan fingerprint density at radius 3 is 2.52 bits per heavy atom. The van der Waals surface area contributed by atoms with Crippen LogP contribution in [0.5, 0.6) is 0 Å². The number of fused-ring (bicyclic) bond motifs is 5. The highest BCUT2D eigenvalue weighted by Gasteiger charge is 2.21. The quantitative estimate of drug-likeness (QED) is 0.452. The van der Waals surface area contributed by atoms with Crippen LogP contribution in [0.3, 0.4) is 0 Å². The fraction of sp³-hybridized carbons (Fsp3) is 0. The molecule has 3 heterocycles. The summed E-state index contributed by atoms with van der Waals surface area (Å²) in [4.78, 5) is 9.16. The third kappa shape index (κ3) is 1.98. The van der Waals surface area contributed by atoms with Crippen molar-refractivity contribution in [2.45, 2.75) is 0 Å². The van der Waals surface area contributed by atoms with Gasteiger partial charge in [-0.3, -0.25) is 9.81 Å². The minimum atomic E-state index is 0.0787. The van der Waals surface area contributed by atoms with Crippen molar-refractivity contribution in [3.8, 4) is 17.2 Å². The average Bonchev–Trinajstić information content (AvgIpc) is 3.09. The van der Waals surface area contributed by atoms with Crippen LogP contribution < -0.4 is 11.3 Å². The molecule has 0 fully saturated rings. The van der Waals surface area contributed by atoms with Crippen LogP contribution in [-0.4, -0.2) is 19.0 Å². The van der Waals surface area contributed by atoms with Gasteiger partial charge in [0.15, 0.2) is 16.8 Å². The molecule has 3 aromatic heterocycles. The van der Waals surface area contributed by atoms with Gasteiger partial charge in [0.25, 0.3) is 0 Å². The van der Waals surface area contributed by atoms with E-state index in [1.165, 1.54) is 6.33 Å². The molecule has 0 aliphatic heterocycles. The molecule has 2 aromatic carbocycles. The number of nitrogens with zero attached hydrogens (tertiary/aromatic N) is 5. The van der Waals surface area contributed by atoms with E-state index in [0.29, 0.717) is 27.8 Å². The molecule has 5 aromatic rings. The highest BCUT2D eigenvalue weighted by Crippen LogP contribution is 2.33. The molecule has 7 heteroatoms. The van der Waals surface area contributed by atoms with Crippen molar-refractivity contribution in [3.05, 3.63) is 72.0 Å². The Bertz CT molecular complexity index is 1450. The van der Waals surface area contributed by atoms with E-state index in [0.717, 1.165) is 21.3 Å². The largest absolute Gasteiger partial charge is 0.336 e. The zero-order chi connectivity index (χ0) is 18.5. The van der Waals surface area contributed by atoms with Gasteiger partial charge in [-0.1, -0.05) is 42.5 Å². The monoisotopic (exact) mass is 351 g/mol. The molecule has 27 heavy (non-hydrogen) atoms. The molecule has 0 saturated heterocycles. The molecular formula is C20H13N7. The lowest BCUT2D eigenvalue weighted by atomic mass is 9.98. The number of pyridine rings is 1. The summed E-state index contributed by atoms with van der Waals surface area (Å²) < 4.78 is 2.98. The summed E-state index contributed by atoms with van der Waals surface area (Å²) in [5.74, 6) is 5.92. The minimum absolute atomic E-state index is 0.0787. The molecule has 0 atom stereocenters. The van der Waals surface area contributed by atoms with Crippen molar-refractivity contribution < 1.29 is 0 Å². The summed E-state index contributed by atoms with van der Waals surface area (Å²) in [7, 11) is 0. The van der Waals surface area contributed by atoms with Crippen LogP contribution in [-0.2, 0) is 0 Å². The third-order valence-corrected chi connectivity index (χ3v) is 4.69. The first kappa shape index (κ1) is 15.1. The highest BCUT2D eigenvalue weighted by molar-refractivity contribution is 6.02. The molecule has 7 nitrogen and oxygen atoms in total. The van der Waals surface area contributed by atoms with Gasteiger partial charge in [0.05, 0.1) is 16.4 Å². The molecule has 0 aliphatic rings. The predicted molar refractivity (Wildman–Crippen MR) is 102 cm³/mol. The lowest BCUT2D eigenvalue weighted by Gasteiger charge is -2.13. The fourth-order valence-corrected chi connectivity index (χ4v) is 3.52. The van der Waals surface area contributed by atoms with Crippen molar-refractivity contribution in [3.63, 3.8) is 0 Å². The van der Waals surface area contributed by atoms with Crippen molar-refractivity contribution in [1.82, 2.24) is 19.0 Å². The zero-order valence-corrected chi connectivity index (χ0v) is 14.1. The van der Waals surface area contributed by atoms with Crippen molar-refractivity contribution in [2.75, 3.05) is 5.84 Å². The number of hydrogen-bond donors (Lipinski definition) is 2. The van der Waals surface area contributed by atoms with E-state index in [2.05, 4.69) is 16.0 Å². The Morgan fingerprint density at radius 1 is 1.00 bits per heavy atom. The van der Waals surface area contributed by atoms with Crippen LogP contribution in [0.2, 0.25) is 0 Å². The molecule has 0 amide bonds. The van der Waals surface area contributed by atoms with Gasteiger partial charge >= 0.3 is 0 Å². The van der Waals surface area contributed by atoms with Crippen LogP contribution in [0.4, 0.5) is 0 Å². The molecule has 0 radical (unpaired) electrons. The molecule has 128 valence electrons. The number of nitrogen functional groups attached to an aromatic ring is 1. The second kappa shape index (κ2) is 5.41. The second-order valence-electron chi connectivity index (χ2n) is 6.19. The summed E-state index contributed by atoms with van der Waals surface area (Å²) in [6.07, 6.45) is 1.40. The Labute approximate surface area is 153 Å². The van der Waals surface area contributed by atoms with Gasteiger partial charge in [0.1, 0.15) is 18.0 Å². The number of nitriles is 1. The summed E-state index contributed by atoms with van der Waals surface area (Å²) >= 11 is 0. The van der Waals surface area contributed by atoms with Gasteiger partial charge in [-0.15, -0.1) is 0 Å². The third-order valence-electron chi connectivity index (χ3n) is 4.69. The first-order valence-corrected chi connectivity index (χ1v) is 8.30. The number of aromatic nitrogens is 4. The van der Waals surface area contributed by atoms with Gasteiger partial charge in [-0.2, -0.15) is 5.26 Å². The van der Waals surface area contributed by atoms with Crippen molar-refractivity contribution >= 4 is 27.7 Å². The number of nitrogens with two attached hydrogens (primary N) is 1. The summed E-state index contributed by atoms with van der Waals surface area (Å²) in [6.45, 7) is 0. The smallest absolute Gasteiger partial charge is 0.158 e. The maximum absolute atomic E-state index is 10.00. The fourth-order valence-electron chi connectivity index (χ4n) is 3.52. The van der Waals surface area contributed by atoms with Crippen LogP contribution >= 0.6 is 0 Å². The van der Waals surface area contributed by atoms with Crippen LogP contribution in [0.15, 0.2) is 60.9 Å². The van der Waals surface area contributed by atoms with E-state index in [1.54, 1.807) is 0 Å². The van der Waals surface area contributed by atoms with E-state index in [-0.39, 0.29) is 5.49 Å². The number of imidazole rings is 1. The van der Waals surface area contributed by atoms with E-state index < -0.39 is 0 Å². The Balaban J connectivity index is 2.17. The Hall–Kier alpha value is -4.18. The minimum Gasteiger partial charge on any atom is -0.336 e. The summed E-state index contributed by atoms with van der Waals surface area (Å²) in [5.41, 5.74) is 4.56. The number of para-hydroxylation sites is 2. The van der Waals surface area contributed by atoms with Crippen molar-refractivity contribution in [2.24, 2.45) is 0 Å². The molecule has 0 bridgehead atoms. The number of benzene rings is 2. The summed E-state index contributed by atoms with van der Waals surface area (Å²) in [6, 6.07) is 19.4. The number of nitrogens with one attached hydrogen (secondary N) is 1. The van der Waals surface area contributed by atoms with Crippen LogP contribution in [0.1, 0.15) is 5.56 Å². The standard InChI is InChI=1S/C20H13N7/c21-10-13-16(12-6-2-1-3-7-12)17-18(22)26(23)11-24-20(17)27-15-9-5-4-8-14(15)25-19(13)27/h1-9,11,22H,23H2. The van der Waals surface area contributed by atoms with E-state index in [9.17, 15) is 5.26 Å². The SMILES string of the molecule is N#Cc1c(-c2ccccc2)c2c(=N)n(N)cnc2n2c1nc1ccccc12. The Kier molecular flexibility index (Phi) is 3.03. The molecule has 5 rings (SSSR count). The second-order valence-corrected chi connectivity index (χ2v) is 6.19. The van der Waals surface area contributed by atoms with E-state index in [1.807, 2.05) is 59.0 Å². The predicted octanol–water partition coefficient (Wildman–Crippen LogP) is 2.57. The Morgan fingerprint density at radius 2 is 1.74 bits per heavy atom. The van der Waals surface area contributed by atoms with E-state index >= 15 is 0 Å². The molecule has 3 N–H and O–H groups in total. The first-order valence-electron chi connectivity index (χ1n) is 8.30. The maximum atomic E-state index is 10.00. The molecular weight excluding hydrogens is 338 g/mol. The maximum Gasteiger partial charge on any atom is 0.158 e. The lowest BCUT2D eigenvalue weighted by Crippen LogP contribution is -2.28. The molecule has 0 spiro atoms. The topological polar surface area (TPSA) is 109 Å². The molecule has 0 saturated carbocycles. The molecule has 0 aliphatic carbocycles. The van der Waals surface area contributed by atoms with Crippen LogP contribution in [0, 0.1) is 16.7 Å². The van der Waals surface area contributed by atoms with E-state index in [4.69, 9.17) is 11.3 Å². The normalized spacial score (nSPS) is 11.2. The zero-order valence-electron chi connectivity index (χ0n) is 14.1. The lowest BCUT2D eigenvalue weighted by molar-refractivity contribution is 0.862. The van der Waals surface area contributed by atoms with Gasteiger partial charge in [0.2, 0.25) is 0 Å². The van der Waals surface area contributed by atoms with Gasteiger partial charge in [-0.05, 0) is 17.7 Å². The van der Waals surface area contributed by atoms with Gasteiger partial charge < -0.3 is 5.84 Å². The number of hydrogen-bond acceptors (Lipinski definition) is 5. The van der Waals surface area contributed by atoms with Gasteiger partial charge in [0, 0.05) is 5.56 Å². The number of rotatable bonds is 1. The van der Waals surface area contributed by atoms with Gasteiger partial charge in [-0.25, -0.2) is 14.6 Å². The highest BCUT2D eigenvalue weighted by atomic mass is 15.3. The average molecular weight is 351 g/mol. The molecule has 0 unspecified atom stereocenters. The van der Waals surface area contributed by atoms with Crippen molar-refractivity contribution in [1.29, 1.82) is 10.7 Å². The van der Waals surface area contributed by atoms with Crippen LogP contribution in [0.25, 0.3) is 38.8 Å². The summed E-state index contributed by atoms with van der Waals surface area (Å²) in [5, 5.41) is 19.1.